The zero-order valence-electron chi connectivity index (χ0n) is 14.9. The molecule has 1 saturated heterocycles. The van der Waals surface area contributed by atoms with Gasteiger partial charge < -0.3 is 9.84 Å². The van der Waals surface area contributed by atoms with Crippen molar-refractivity contribution in [1.82, 2.24) is 4.90 Å². The molecule has 0 atom stereocenters. The van der Waals surface area contributed by atoms with Crippen molar-refractivity contribution >= 4 is 40.6 Å². The minimum atomic E-state index is -1.03. The highest BCUT2D eigenvalue weighted by molar-refractivity contribution is 8.18. The van der Waals surface area contributed by atoms with Gasteiger partial charge in [0.05, 0.1) is 10.6 Å². The first-order chi connectivity index (χ1) is 12.9. The van der Waals surface area contributed by atoms with Crippen molar-refractivity contribution < 1.29 is 19.4 Å². The lowest BCUT2D eigenvalue weighted by Crippen LogP contribution is -2.23. The molecule has 0 saturated carbocycles. The van der Waals surface area contributed by atoms with Gasteiger partial charge in [-0.15, -0.1) is 0 Å². The summed E-state index contributed by atoms with van der Waals surface area (Å²) in [6.07, 6.45) is 1.78. The van der Waals surface area contributed by atoms with E-state index in [1.165, 1.54) is 16.7 Å². The fraction of sp³-hybridized carbons (Fsp3) is 0.150. The van der Waals surface area contributed by atoms with Crippen molar-refractivity contribution in [3.05, 3.63) is 64.6 Å². The van der Waals surface area contributed by atoms with Crippen LogP contribution in [0.1, 0.15) is 11.1 Å². The molecule has 7 heteroatoms. The zero-order valence-corrected chi connectivity index (χ0v) is 15.7. The molecule has 1 aliphatic rings. The number of benzene rings is 2. The molecule has 0 bridgehead atoms. The van der Waals surface area contributed by atoms with Gasteiger partial charge in [-0.3, -0.25) is 9.69 Å². The number of ether oxygens (including phenoxy) is 1. The van der Waals surface area contributed by atoms with E-state index in [9.17, 15) is 9.59 Å². The van der Waals surface area contributed by atoms with Gasteiger partial charge in [0.15, 0.2) is 11.8 Å². The minimum Gasteiger partial charge on any atom is -0.482 e. The molecular weight excluding hydrogens is 364 g/mol. The molecule has 0 aromatic heterocycles. The summed E-state index contributed by atoms with van der Waals surface area (Å²) in [5.74, 6) is -0.682. The number of carboxylic acids is 1. The predicted molar refractivity (Wildman–Crippen MR) is 106 cm³/mol. The lowest BCUT2D eigenvalue weighted by atomic mass is 10.2. The number of nitrogens with zero attached hydrogens (tertiary/aromatic N) is 2. The molecule has 2 aromatic carbocycles. The molecule has 138 valence electrons. The Morgan fingerprint density at radius 3 is 2.48 bits per heavy atom. The lowest BCUT2D eigenvalue weighted by molar-refractivity contribution is -0.139. The summed E-state index contributed by atoms with van der Waals surface area (Å²) in [5, 5.41) is 9.25. The second-order valence-corrected chi connectivity index (χ2v) is 6.97. The largest absolute Gasteiger partial charge is 0.482 e. The number of carboxylic acid groups (broad SMARTS) is 1. The second-order valence-electron chi connectivity index (χ2n) is 5.96. The van der Waals surface area contributed by atoms with E-state index >= 15 is 0 Å². The Morgan fingerprint density at radius 1 is 1.19 bits per heavy atom. The molecule has 3 rings (SSSR count). The van der Waals surface area contributed by atoms with Crippen LogP contribution in [0.25, 0.3) is 6.08 Å². The van der Waals surface area contributed by atoms with Crippen LogP contribution in [0.3, 0.4) is 0 Å². The first kappa shape index (κ1) is 18.7. The molecule has 2 aromatic rings. The van der Waals surface area contributed by atoms with Crippen LogP contribution in [0.15, 0.2) is 58.4 Å². The van der Waals surface area contributed by atoms with Gasteiger partial charge in [-0.1, -0.05) is 29.8 Å². The third kappa shape index (κ3) is 4.77. The highest BCUT2D eigenvalue weighted by atomic mass is 32.2. The van der Waals surface area contributed by atoms with E-state index in [0.29, 0.717) is 15.8 Å². The van der Waals surface area contributed by atoms with E-state index in [0.717, 1.165) is 16.8 Å². The highest BCUT2D eigenvalue weighted by Gasteiger charge is 2.30. The predicted octanol–water partition coefficient (Wildman–Crippen LogP) is 3.69. The van der Waals surface area contributed by atoms with Crippen molar-refractivity contribution in [3.8, 4) is 5.75 Å². The average Bonchev–Trinajstić information content (AvgIpc) is 2.91. The maximum absolute atomic E-state index is 12.5. The Balaban J connectivity index is 1.75. The molecule has 6 nitrogen and oxygen atoms in total. The number of rotatable bonds is 5. The van der Waals surface area contributed by atoms with Crippen LogP contribution < -0.4 is 4.74 Å². The fourth-order valence-electron chi connectivity index (χ4n) is 2.34. The molecule has 1 heterocycles. The van der Waals surface area contributed by atoms with Gasteiger partial charge in [-0.25, -0.2) is 9.79 Å². The fourth-order valence-corrected chi connectivity index (χ4v) is 3.32. The van der Waals surface area contributed by atoms with Gasteiger partial charge in [-0.2, -0.15) is 0 Å². The number of aryl methyl sites for hydroxylation is 1. The SMILES string of the molecule is Cc1ccc(N=C2S/C(=C/c3ccc(OCC(=O)O)cc3)C(=O)N2C)cc1. The van der Waals surface area contributed by atoms with Gasteiger partial charge in [0, 0.05) is 7.05 Å². The van der Waals surface area contributed by atoms with Crippen LogP contribution in [-0.4, -0.2) is 40.7 Å². The normalized spacial score (nSPS) is 17.0. The Labute approximate surface area is 161 Å². The summed E-state index contributed by atoms with van der Waals surface area (Å²) in [5.41, 5.74) is 2.77. The van der Waals surface area contributed by atoms with Crippen LogP contribution in [-0.2, 0) is 9.59 Å². The summed E-state index contributed by atoms with van der Waals surface area (Å²) >= 11 is 1.32. The van der Waals surface area contributed by atoms with E-state index in [1.54, 1.807) is 37.4 Å². The van der Waals surface area contributed by atoms with Gasteiger partial charge >= 0.3 is 5.97 Å². The third-order valence-corrected chi connectivity index (χ3v) is 4.86. The summed E-state index contributed by atoms with van der Waals surface area (Å²) in [7, 11) is 1.70. The number of carbonyl (C=O) groups is 2. The van der Waals surface area contributed by atoms with Crippen molar-refractivity contribution in [1.29, 1.82) is 0 Å². The zero-order chi connectivity index (χ0) is 19.4. The molecular formula is C20H18N2O4S. The van der Waals surface area contributed by atoms with E-state index in [4.69, 9.17) is 9.84 Å². The average molecular weight is 382 g/mol. The number of amidine groups is 1. The van der Waals surface area contributed by atoms with Crippen LogP contribution in [0.5, 0.6) is 5.75 Å². The van der Waals surface area contributed by atoms with Crippen LogP contribution >= 0.6 is 11.8 Å². The highest BCUT2D eigenvalue weighted by Crippen LogP contribution is 2.33. The maximum atomic E-state index is 12.5. The van der Waals surface area contributed by atoms with E-state index < -0.39 is 12.6 Å². The quantitative estimate of drug-likeness (QED) is 0.798. The van der Waals surface area contributed by atoms with Crippen molar-refractivity contribution in [2.75, 3.05) is 13.7 Å². The van der Waals surface area contributed by atoms with Crippen molar-refractivity contribution in [2.24, 2.45) is 4.99 Å². The second kappa shape index (κ2) is 8.09. The number of hydrogen-bond acceptors (Lipinski definition) is 5. The Hall–Kier alpha value is -3.06. The number of likely N-dealkylation sites (N-methyl/N-ethyl adjacent to an activating group) is 1. The number of thioether (sulfide) groups is 1. The molecule has 1 N–H and O–H groups in total. The minimum absolute atomic E-state index is 0.114. The Morgan fingerprint density at radius 2 is 1.85 bits per heavy atom. The first-order valence-electron chi connectivity index (χ1n) is 8.20. The molecule has 0 radical (unpaired) electrons. The number of hydrogen-bond donors (Lipinski definition) is 1. The van der Waals surface area contributed by atoms with Crippen molar-refractivity contribution in [2.45, 2.75) is 6.92 Å². The number of aliphatic carboxylic acids is 1. The van der Waals surface area contributed by atoms with Crippen LogP contribution in [0.2, 0.25) is 0 Å². The lowest BCUT2D eigenvalue weighted by Gasteiger charge is -2.07. The molecule has 1 amide bonds. The van der Waals surface area contributed by atoms with Crippen LogP contribution in [0, 0.1) is 6.92 Å². The number of amides is 1. The molecule has 27 heavy (non-hydrogen) atoms. The molecule has 0 unspecified atom stereocenters. The van der Waals surface area contributed by atoms with E-state index in [-0.39, 0.29) is 5.91 Å². The Kier molecular flexibility index (Phi) is 5.61. The standard InChI is InChI=1S/C20H18N2O4S/c1-13-3-7-15(8-4-13)21-20-22(2)19(25)17(27-20)11-14-5-9-16(10-6-14)26-12-18(23)24/h3-11H,12H2,1-2H3,(H,23,24)/b17-11+,21-20?. The summed E-state index contributed by atoms with van der Waals surface area (Å²) < 4.78 is 5.10. The molecule has 0 spiro atoms. The topological polar surface area (TPSA) is 79.2 Å². The summed E-state index contributed by atoms with van der Waals surface area (Å²) in [6, 6.07) is 14.7. The van der Waals surface area contributed by atoms with E-state index in [2.05, 4.69) is 4.99 Å². The van der Waals surface area contributed by atoms with Gasteiger partial charge in [0.25, 0.3) is 5.91 Å². The molecule has 0 aliphatic carbocycles. The van der Waals surface area contributed by atoms with Gasteiger partial charge in [-0.05, 0) is 54.6 Å². The summed E-state index contributed by atoms with van der Waals surface area (Å²) in [6.45, 7) is 1.62. The smallest absolute Gasteiger partial charge is 0.341 e. The van der Waals surface area contributed by atoms with Crippen LogP contribution in [0.4, 0.5) is 5.69 Å². The maximum Gasteiger partial charge on any atom is 0.341 e. The Bertz CT molecular complexity index is 918. The van der Waals surface area contributed by atoms with Crippen molar-refractivity contribution in [3.63, 3.8) is 0 Å². The number of aliphatic imine (C=N–C) groups is 1. The monoisotopic (exact) mass is 382 g/mol. The summed E-state index contributed by atoms with van der Waals surface area (Å²) in [4.78, 5) is 29.6. The van der Waals surface area contributed by atoms with Gasteiger partial charge in [0.2, 0.25) is 0 Å². The molecule has 1 fully saturated rings. The van der Waals surface area contributed by atoms with Gasteiger partial charge in [0.1, 0.15) is 5.75 Å². The third-order valence-electron chi connectivity index (χ3n) is 3.80. The molecule has 1 aliphatic heterocycles. The van der Waals surface area contributed by atoms with E-state index in [1.807, 2.05) is 31.2 Å². The first-order valence-corrected chi connectivity index (χ1v) is 9.01. The number of carbonyl (C=O) groups excluding carboxylic acids is 1.